The number of nitrogens with one attached hydrogen (secondary N) is 1. The number of rotatable bonds is 2. The zero-order chi connectivity index (χ0) is 13.9. The monoisotopic (exact) mass is 261 g/mol. The van der Waals surface area contributed by atoms with Gasteiger partial charge in [-0.15, -0.1) is 0 Å². The van der Waals surface area contributed by atoms with E-state index in [1.165, 1.54) is 6.39 Å². The van der Waals surface area contributed by atoms with Crippen molar-refractivity contribution >= 4 is 11.9 Å². The summed E-state index contributed by atoms with van der Waals surface area (Å²) in [5, 5.41) is 2.57. The number of amides is 1. The summed E-state index contributed by atoms with van der Waals surface area (Å²) >= 11 is 0. The molecule has 19 heavy (non-hydrogen) atoms. The first-order chi connectivity index (χ1) is 8.94. The second-order valence-electron chi connectivity index (χ2n) is 4.92. The van der Waals surface area contributed by atoms with Gasteiger partial charge in [0.05, 0.1) is 6.20 Å². The summed E-state index contributed by atoms with van der Waals surface area (Å²) < 4.78 is 10.3. The highest BCUT2D eigenvalue weighted by molar-refractivity contribution is 5.84. The summed E-state index contributed by atoms with van der Waals surface area (Å²) in [6.45, 7) is 5.39. The van der Waals surface area contributed by atoms with Crippen LogP contribution >= 0.6 is 0 Å². The zero-order valence-electron chi connectivity index (χ0n) is 11.0. The van der Waals surface area contributed by atoms with E-state index in [9.17, 15) is 4.79 Å². The van der Waals surface area contributed by atoms with E-state index in [4.69, 9.17) is 9.15 Å². The van der Waals surface area contributed by atoms with Crippen molar-refractivity contribution in [2.75, 3.05) is 5.32 Å². The molecule has 2 aromatic heterocycles. The Hall–Kier alpha value is -2.37. The number of pyridine rings is 1. The number of hydrogen-bond acceptors (Lipinski definition) is 5. The molecule has 2 rings (SSSR count). The summed E-state index contributed by atoms with van der Waals surface area (Å²) in [4.78, 5) is 19.5. The fourth-order valence-electron chi connectivity index (χ4n) is 1.42. The summed E-state index contributed by atoms with van der Waals surface area (Å²) in [5.41, 5.74) is 0.227. The van der Waals surface area contributed by atoms with Gasteiger partial charge in [-0.3, -0.25) is 5.32 Å². The first-order valence-corrected chi connectivity index (χ1v) is 5.79. The fourth-order valence-corrected chi connectivity index (χ4v) is 1.42. The average Bonchev–Trinajstić information content (AvgIpc) is 2.79. The molecule has 100 valence electrons. The van der Waals surface area contributed by atoms with Crippen LogP contribution in [-0.4, -0.2) is 21.7 Å². The highest BCUT2D eigenvalue weighted by Gasteiger charge is 2.16. The molecule has 2 heterocycles. The predicted molar refractivity (Wildman–Crippen MR) is 69.6 cm³/mol. The van der Waals surface area contributed by atoms with Crippen LogP contribution in [0.5, 0.6) is 0 Å². The summed E-state index contributed by atoms with van der Waals surface area (Å²) in [7, 11) is 0. The number of hydrogen-bond donors (Lipinski definition) is 1. The first-order valence-electron chi connectivity index (χ1n) is 5.79. The lowest BCUT2D eigenvalue weighted by atomic mass is 10.2. The number of oxazole rings is 1. The Kier molecular flexibility index (Phi) is 3.50. The Morgan fingerprint density at radius 3 is 2.84 bits per heavy atom. The van der Waals surface area contributed by atoms with E-state index in [2.05, 4.69) is 15.3 Å². The molecule has 0 bridgehead atoms. The second-order valence-corrected chi connectivity index (χ2v) is 4.92. The minimum Gasteiger partial charge on any atom is -0.444 e. The average molecular weight is 261 g/mol. The minimum absolute atomic E-state index is 0.392. The number of anilines is 1. The number of nitrogens with zero attached hydrogens (tertiary/aromatic N) is 2. The van der Waals surface area contributed by atoms with E-state index in [0.29, 0.717) is 11.6 Å². The number of carbonyl (C=O) groups is 1. The van der Waals surface area contributed by atoms with Crippen LogP contribution in [0.1, 0.15) is 20.8 Å². The molecule has 0 aromatic carbocycles. The van der Waals surface area contributed by atoms with Crippen molar-refractivity contribution < 1.29 is 13.9 Å². The molecule has 0 saturated carbocycles. The highest BCUT2D eigenvalue weighted by atomic mass is 16.6. The van der Waals surface area contributed by atoms with Gasteiger partial charge in [0.1, 0.15) is 11.4 Å². The third kappa shape index (κ3) is 3.80. The topological polar surface area (TPSA) is 77.2 Å². The van der Waals surface area contributed by atoms with Crippen LogP contribution in [-0.2, 0) is 4.74 Å². The molecule has 0 aliphatic rings. The Morgan fingerprint density at radius 1 is 1.42 bits per heavy atom. The summed E-state index contributed by atoms with van der Waals surface area (Å²) in [6.07, 6.45) is 3.96. The molecular weight excluding hydrogens is 246 g/mol. The molecule has 0 saturated heterocycles. The van der Waals surface area contributed by atoms with Gasteiger partial charge in [0, 0.05) is 11.8 Å². The molecule has 1 N–H and O–H groups in total. The maximum Gasteiger partial charge on any atom is 0.413 e. The van der Waals surface area contributed by atoms with Crippen molar-refractivity contribution in [3.63, 3.8) is 0 Å². The van der Waals surface area contributed by atoms with Crippen LogP contribution in [0.3, 0.4) is 0 Å². The maximum absolute atomic E-state index is 11.6. The van der Waals surface area contributed by atoms with Crippen molar-refractivity contribution in [2.24, 2.45) is 0 Å². The van der Waals surface area contributed by atoms with Crippen LogP contribution in [0.25, 0.3) is 11.3 Å². The predicted octanol–water partition coefficient (Wildman–Crippen LogP) is 3.08. The third-order valence-electron chi connectivity index (χ3n) is 2.11. The summed E-state index contributed by atoms with van der Waals surface area (Å²) in [5.74, 6) is 0.998. The highest BCUT2D eigenvalue weighted by Crippen LogP contribution is 2.20. The number of aromatic nitrogens is 2. The van der Waals surface area contributed by atoms with Crippen LogP contribution in [0.4, 0.5) is 10.6 Å². The van der Waals surface area contributed by atoms with Gasteiger partial charge in [-0.2, -0.15) is 0 Å². The number of ether oxygens (including phenoxy) is 1. The van der Waals surface area contributed by atoms with Gasteiger partial charge < -0.3 is 9.15 Å². The molecule has 0 fully saturated rings. The van der Waals surface area contributed by atoms with E-state index in [1.54, 1.807) is 45.3 Å². The van der Waals surface area contributed by atoms with Gasteiger partial charge in [0.2, 0.25) is 0 Å². The van der Waals surface area contributed by atoms with Crippen LogP contribution in [0, 0.1) is 0 Å². The Morgan fingerprint density at radius 2 is 2.21 bits per heavy atom. The fraction of sp³-hybridized carbons (Fsp3) is 0.308. The van der Waals surface area contributed by atoms with E-state index in [1.807, 2.05) is 0 Å². The van der Waals surface area contributed by atoms with Crippen molar-refractivity contribution in [1.29, 1.82) is 0 Å². The smallest absolute Gasteiger partial charge is 0.413 e. The van der Waals surface area contributed by atoms with Gasteiger partial charge in [0.25, 0.3) is 0 Å². The lowest BCUT2D eigenvalue weighted by Crippen LogP contribution is -2.27. The molecular formula is C13H15N3O3. The SMILES string of the molecule is CC(C)(C)OC(=O)Nc1cc(-c2cnco2)ccn1. The quantitative estimate of drug-likeness (QED) is 0.898. The molecule has 0 atom stereocenters. The molecule has 6 heteroatoms. The van der Waals surface area contributed by atoms with Crippen LogP contribution in [0.2, 0.25) is 0 Å². The molecule has 1 amide bonds. The largest absolute Gasteiger partial charge is 0.444 e. The molecule has 0 aliphatic carbocycles. The minimum atomic E-state index is -0.549. The third-order valence-corrected chi connectivity index (χ3v) is 2.11. The molecule has 0 radical (unpaired) electrons. The Labute approximate surface area is 110 Å². The Balaban J connectivity index is 2.10. The van der Waals surface area contributed by atoms with Crippen molar-refractivity contribution in [3.8, 4) is 11.3 Å². The van der Waals surface area contributed by atoms with E-state index in [0.717, 1.165) is 5.56 Å². The van der Waals surface area contributed by atoms with Gasteiger partial charge in [-0.05, 0) is 32.9 Å². The molecule has 0 unspecified atom stereocenters. The van der Waals surface area contributed by atoms with E-state index in [-0.39, 0.29) is 0 Å². The lowest BCUT2D eigenvalue weighted by molar-refractivity contribution is 0.0635. The molecule has 0 spiro atoms. The lowest BCUT2D eigenvalue weighted by Gasteiger charge is -2.19. The van der Waals surface area contributed by atoms with Gasteiger partial charge in [-0.1, -0.05) is 0 Å². The maximum atomic E-state index is 11.6. The summed E-state index contributed by atoms with van der Waals surface area (Å²) in [6, 6.07) is 3.45. The normalized spacial score (nSPS) is 11.1. The number of carbonyl (C=O) groups excluding carboxylic acids is 1. The second kappa shape index (κ2) is 5.09. The van der Waals surface area contributed by atoms with Crippen molar-refractivity contribution in [2.45, 2.75) is 26.4 Å². The molecule has 2 aromatic rings. The first kappa shape index (κ1) is 13.1. The van der Waals surface area contributed by atoms with E-state index >= 15 is 0 Å². The van der Waals surface area contributed by atoms with E-state index < -0.39 is 11.7 Å². The standard InChI is InChI=1S/C13H15N3O3/c1-13(2,3)19-12(17)16-11-6-9(4-5-15-11)10-7-14-8-18-10/h4-8H,1-3H3,(H,15,16,17). The van der Waals surface area contributed by atoms with Gasteiger partial charge >= 0.3 is 6.09 Å². The Bertz CT molecular complexity index is 559. The van der Waals surface area contributed by atoms with Crippen LogP contribution < -0.4 is 5.32 Å². The van der Waals surface area contributed by atoms with Gasteiger partial charge in [-0.25, -0.2) is 14.8 Å². The van der Waals surface area contributed by atoms with Crippen LogP contribution in [0.15, 0.2) is 35.3 Å². The van der Waals surface area contributed by atoms with Crippen molar-refractivity contribution in [1.82, 2.24) is 9.97 Å². The van der Waals surface area contributed by atoms with Gasteiger partial charge in [0.15, 0.2) is 12.2 Å². The van der Waals surface area contributed by atoms with Crippen molar-refractivity contribution in [3.05, 3.63) is 30.9 Å². The zero-order valence-corrected chi connectivity index (χ0v) is 11.0. The molecule has 6 nitrogen and oxygen atoms in total. The molecule has 0 aliphatic heterocycles.